The molecule has 3 N–H and O–H groups in total. The lowest BCUT2D eigenvalue weighted by Crippen LogP contribution is -2.30. The summed E-state index contributed by atoms with van der Waals surface area (Å²) in [4.78, 5) is 41.1. The Morgan fingerprint density at radius 1 is 0.630 bits per heavy atom. The molecule has 5 aromatic carbocycles. The van der Waals surface area contributed by atoms with E-state index in [0.29, 0.717) is 11.3 Å². The van der Waals surface area contributed by atoms with Gasteiger partial charge >= 0.3 is 0 Å². The van der Waals surface area contributed by atoms with Gasteiger partial charge in [-0.2, -0.15) is 0 Å². The van der Waals surface area contributed by atoms with Gasteiger partial charge in [-0.1, -0.05) is 84.9 Å². The fraction of sp³-hybridized carbons (Fsp3) is 0.103. The maximum atomic E-state index is 13.6. The van der Waals surface area contributed by atoms with E-state index in [0.717, 1.165) is 38.4 Å². The predicted molar refractivity (Wildman–Crippen MR) is 188 cm³/mol. The molecule has 1 atom stereocenters. The third-order valence-corrected chi connectivity index (χ3v) is 8.73. The monoisotopic (exact) mass is 625 g/mol. The number of thioether (sulfide) groups is 1. The topological polar surface area (TPSA) is 87.3 Å². The van der Waals surface area contributed by atoms with Gasteiger partial charge in [0.05, 0.1) is 0 Å². The van der Waals surface area contributed by atoms with Crippen molar-refractivity contribution >= 4 is 46.9 Å². The van der Waals surface area contributed by atoms with Crippen LogP contribution in [0.25, 0.3) is 6.08 Å². The highest BCUT2D eigenvalue weighted by molar-refractivity contribution is 8.00. The molecule has 6 nitrogen and oxygen atoms in total. The number of anilines is 2. The largest absolute Gasteiger partial charge is 0.325 e. The number of amides is 3. The van der Waals surface area contributed by atoms with Crippen LogP contribution in [0.2, 0.25) is 0 Å². The van der Waals surface area contributed by atoms with Crippen molar-refractivity contribution in [1.82, 2.24) is 5.32 Å². The normalized spacial score (nSPS) is 11.8. The minimum Gasteiger partial charge on any atom is -0.325 e. The lowest BCUT2D eigenvalue weighted by atomic mass is 10.1. The number of benzene rings is 5. The Morgan fingerprint density at radius 3 is 2.02 bits per heavy atom. The first-order valence-corrected chi connectivity index (χ1v) is 15.8. The second kappa shape index (κ2) is 15.1. The molecule has 0 aliphatic carbocycles. The van der Waals surface area contributed by atoms with E-state index in [9.17, 15) is 14.4 Å². The molecule has 0 aliphatic rings. The number of hydrogen-bond acceptors (Lipinski definition) is 4. The maximum absolute atomic E-state index is 13.6. The fourth-order valence-electron chi connectivity index (χ4n) is 4.76. The van der Waals surface area contributed by atoms with E-state index in [2.05, 4.69) is 16.0 Å². The molecule has 0 heterocycles. The summed E-state index contributed by atoms with van der Waals surface area (Å²) in [6, 6.07) is 39.2. The third-order valence-electron chi connectivity index (χ3n) is 7.48. The molecule has 0 saturated heterocycles. The zero-order chi connectivity index (χ0) is 32.5. The van der Waals surface area contributed by atoms with E-state index in [1.54, 1.807) is 36.4 Å². The van der Waals surface area contributed by atoms with E-state index in [1.807, 2.05) is 118 Å². The Bertz CT molecular complexity index is 1890. The molecule has 0 aliphatic heterocycles. The van der Waals surface area contributed by atoms with Crippen LogP contribution >= 0.6 is 11.8 Å². The van der Waals surface area contributed by atoms with Crippen molar-refractivity contribution < 1.29 is 14.4 Å². The summed E-state index contributed by atoms with van der Waals surface area (Å²) in [5.41, 5.74) is 6.70. The Hall–Kier alpha value is -5.40. The quantitative estimate of drug-likeness (QED) is 0.107. The van der Waals surface area contributed by atoms with E-state index >= 15 is 0 Å². The molecule has 0 radical (unpaired) electrons. The smallest absolute Gasteiger partial charge is 0.272 e. The molecule has 5 rings (SSSR count). The molecule has 7 heteroatoms. The molecule has 3 amide bonds. The predicted octanol–water partition coefficient (Wildman–Crippen LogP) is 8.49. The molecule has 0 fully saturated rings. The molecule has 1 unspecified atom stereocenters. The van der Waals surface area contributed by atoms with Gasteiger partial charge in [-0.25, -0.2) is 0 Å². The maximum Gasteiger partial charge on any atom is 0.272 e. The summed E-state index contributed by atoms with van der Waals surface area (Å²) in [7, 11) is 0. The molecule has 0 saturated carbocycles. The van der Waals surface area contributed by atoms with Crippen molar-refractivity contribution in [2.45, 2.75) is 30.9 Å². The van der Waals surface area contributed by atoms with Gasteiger partial charge in [0, 0.05) is 21.8 Å². The number of carbonyl (C=O) groups excluding carboxylic acids is 3. The van der Waals surface area contributed by atoms with Crippen molar-refractivity contribution in [3.63, 3.8) is 0 Å². The van der Waals surface area contributed by atoms with E-state index < -0.39 is 11.2 Å². The average molecular weight is 626 g/mol. The molecule has 5 aromatic rings. The van der Waals surface area contributed by atoms with Gasteiger partial charge in [0.25, 0.3) is 11.8 Å². The van der Waals surface area contributed by atoms with Crippen LogP contribution in [0.3, 0.4) is 0 Å². The third kappa shape index (κ3) is 8.40. The molecular formula is C39H35N3O3S. The number of aryl methyl sites for hydroxylation is 3. The summed E-state index contributed by atoms with van der Waals surface area (Å²) in [6.45, 7) is 6.00. The second-order valence-corrected chi connectivity index (χ2v) is 12.1. The van der Waals surface area contributed by atoms with Gasteiger partial charge in [0.2, 0.25) is 5.91 Å². The molecule has 0 aromatic heterocycles. The van der Waals surface area contributed by atoms with E-state index in [-0.39, 0.29) is 17.5 Å². The van der Waals surface area contributed by atoms with Crippen LogP contribution in [-0.4, -0.2) is 17.7 Å². The highest BCUT2D eigenvalue weighted by Crippen LogP contribution is 2.37. The Morgan fingerprint density at radius 2 is 1.30 bits per heavy atom. The minimum absolute atomic E-state index is 0.108. The van der Waals surface area contributed by atoms with E-state index in [1.165, 1.54) is 11.8 Å². The summed E-state index contributed by atoms with van der Waals surface area (Å²) in [5, 5.41) is 8.26. The van der Waals surface area contributed by atoms with Gasteiger partial charge in [-0.15, -0.1) is 11.8 Å². The molecule has 46 heavy (non-hydrogen) atoms. The van der Waals surface area contributed by atoms with Gasteiger partial charge in [-0.05, 0) is 97.1 Å². The van der Waals surface area contributed by atoms with Gasteiger partial charge in [-0.3, -0.25) is 14.4 Å². The van der Waals surface area contributed by atoms with Crippen molar-refractivity contribution in [2.24, 2.45) is 0 Å². The Kier molecular flexibility index (Phi) is 10.5. The summed E-state index contributed by atoms with van der Waals surface area (Å²) >= 11 is 1.39. The number of rotatable bonds is 10. The number of hydrogen-bond donors (Lipinski definition) is 3. The molecule has 230 valence electrons. The van der Waals surface area contributed by atoms with Gasteiger partial charge in [0.15, 0.2) is 0 Å². The Labute approximate surface area is 274 Å². The Balaban J connectivity index is 1.38. The lowest BCUT2D eigenvalue weighted by molar-refractivity contribution is -0.116. The van der Waals surface area contributed by atoms with Crippen LogP contribution in [0.5, 0.6) is 0 Å². The van der Waals surface area contributed by atoms with Crippen molar-refractivity contribution in [3.8, 4) is 0 Å². The van der Waals surface area contributed by atoms with Gasteiger partial charge in [0.1, 0.15) is 10.9 Å². The van der Waals surface area contributed by atoms with Crippen molar-refractivity contribution in [1.29, 1.82) is 0 Å². The zero-order valence-corrected chi connectivity index (χ0v) is 26.7. The summed E-state index contributed by atoms with van der Waals surface area (Å²) in [6.07, 6.45) is 1.67. The highest BCUT2D eigenvalue weighted by Gasteiger charge is 2.23. The number of nitrogens with one attached hydrogen (secondary N) is 3. The standard InChI is InChI=1S/C39H35N3O3S/c1-26-21-22-33(23-28(26)3)41-39(45)36(29-14-6-4-7-15-29)46-34-20-12-19-32(25-34)40-38(44)35(24-31-18-11-10-13-27(31)2)42-37(43)30-16-8-5-9-17-30/h4-25,36H,1-3H3,(H,40,44)(H,41,45)(H,42,43)/b35-24-. The SMILES string of the molecule is Cc1ccc(NC(=O)C(Sc2cccc(NC(=O)/C(=C/c3ccccc3C)NC(=O)c3ccccc3)c2)c2ccccc2)cc1C. The fourth-order valence-corrected chi connectivity index (χ4v) is 5.84. The lowest BCUT2D eigenvalue weighted by Gasteiger charge is -2.18. The first-order valence-electron chi connectivity index (χ1n) is 14.9. The van der Waals surface area contributed by atoms with Crippen LogP contribution in [0.15, 0.2) is 138 Å². The molecule has 0 spiro atoms. The first kappa shape index (κ1) is 32.0. The molecular weight excluding hydrogens is 591 g/mol. The zero-order valence-electron chi connectivity index (χ0n) is 25.9. The van der Waals surface area contributed by atoms with Crippen molar-refractivity contribution in [3.05, 3.63) is 166 Å². The summed E-state index contributed by atoms with van der Waals surface area (Å²) < 4.78 is 0. The average Bonchev–Trinajstić information content (AvgIpc) is 3.07. The number of carbonyl (C=O) groups is 3. The minimum atomic E-state index is -0.546. The van der Waals surface area contributed by atoms with Crippen molar-refractivity contribution in [2.75, 3.05) is 10.6 Å². The second-order valence-electron chi connectivity index (χ2n) is 10.9. The van der Waals surface area contributed by atoms with Crippen LogP contribution in [0, 0.1) is 20.8 Å². The van der Waals surface area contributed by atoms with Crippen LogP contribution in [0.4, 0.5) is 11.4 Å². The molecule has 0 bridgehead atoms. The van der Waals surface area contributed by atoms with Crippen LogP contribution in [0.1, 0.15) is 43.4 Å². The first-order chi connectivity index (χ1) is 22.3. The van der Waals surface area contributed by atoms with Crippen LogP contribution < -0.4 is 16.0 Å². The van der Waals surface area contributed by atoms with E-state index in [4.69, 9.17) is 0 Å². The summed E-state index contributed by atoms with van der Waals surface area (Å²) in [5.74, 6) is -1.01. The van der Waals surface area contributed by atoms with Gasteiger partial charge < -0.3 is 16.0 Å². The highest BCUT2D eigenvalue weighted by atomic mass is 32.2. The van der Waals surface area contributed by atoms with Crippen LogP contribution in [-0.2, 0) is 9.59 Å².